The smallest absolute Gasteiger partial charge is 0.240 e. The van der Waals surface area contributed by atoms with Gasteiger partial charge >= 0.3 is 0 Å². The van der Waals surface area contributed by atoms with E-state index >= 15 is 0 Å². The average Bonchev–Trinajstić information content (AvgIpc) is 3.22. The summed E-state index contributed by atoms with van der Waals surface area (Å²) < 4.78 is 5.67. The minimum absolute atomic E-state index is 0.130. The first-order valence-electron chi connectivity index (χ1n) is 6.94. The summed E-state index contributed by atoms with van der Waals surface area (Å²) in [6.07, 6.45) is 2.79. The topological polar surface area (TPSA) is 84.6 Å². The third-order valence-electron chi connectivity index (χ3n) is 3.50. The Morgan fingerprint density at radius 3 is 2.60 bits per heavy atom. The highest BCUT2D eigenvalue weighted by Crippen LogP contribution is 2.23. The highest BCUT2D eigenvalue weighted by atomic mass is 16.5. The number of nitrogens with two attached hydrogens (primary N) is 1. The molecule has 0 bridgehead atoms. The highest BCUT2D eigenvalue weighted by Gasteiger charge is 2.37. The fourth-order valence-electron chi connectivity index (χ4n) is 1.97. The summed E-state index contributed by atoms with van der Waals surface area (Å²) in [5.74, 6) is 0.290. The number of carbonyl (C=O) groups excluding carboxylic acids is 1. The zero-order chi connectivity index (χ0) is 14.6. The first-order valence-corrected chi connectivity index (χ1v) is 6.94. The van der Waals surface area contributed by atoms with Gasteiger partial charge in [-0.1, -0.05) is 12.1 Å². The van der Waals surface area contributed by atoms with Crippen molar-refractivity contribution in [3.05, 3.63) is 29.8 Å². The van der Waals surface area contributed by atoms with E-state index in [9.17, 15) is 4.79 Å². The van der Waals surface area contributed by atoms with Crippen LogP contribution in [0.2, 0.25) is 0 Å². The molecule has 1 saturated carbocycles. The zero-order valence-corrected chi connectivity index (χ0v) is 11.8. The molecule has 0 aliphatic heterocycles. The lowest BCUT2D eigenvalue weighted by atomic mass is 10.0. The minimum Gasteiger partial charge on any atom is -0.491 e. The summed E-state index contributed by atoms with van der Waals surface area (Å²) in [7, 11) is 0. The molecule has 2 rings (SSSR count). The Hall–Kier alpha value is -1.59. The number of benzene rings is 1. The number of nitrogens with one attached hydrogen (secondary N) is 1. The standard InChI is InChI=1S/C15H22N2O3/c1-15(14(16)19,17-12-4-5-12)10-20-13-6-2-11(3-7-13)8-9-18/h2-3,6-7,12,17-18H,4-5,8-10H2,1H3,(H2,16,19). The van der Waals surface area contributed by atoms with Gasteiger partial charge in [-0.25, -0.2) is 0 Å². The molecule has 0 spiro atoms. The molecule has 0 saturated heterocycles. The van der Waals surface area contributed by atoms with Crippen LogP contribution < -0.4 is 15.8 Å². The minimum atomic E-state index is -0.842. The van der Waals surface area contributed by atoms with Crippen molar-refractivity contribution >= 4 is 5.91 Å². The van der Waals surface area contributed by atoms with E-state index in [0.29, 0.717) is 18.2 Å². The van der Waals surface area contributed by atoms with E-state index in [2.05, 4.69) is 5.32 Å². The Balaban J connectivity index is 1.92. The van der Waals surface area contributed by atoms with E-state index in [-0.39, 0.29) is 13.2 Å². The van der Waals surface area contributed by atoms with E-state index in [1.807, 2.05) is 24.3 Å². The van der Waals surface area contributed by atoms with Crippen LogP contribution in [0, 0.1) is 0 Å². The molecular formula is C15H22N2O3. The number of aliphatic hydroxyl groups is 1. The van der Waals surface area contributed by atoms with Gasteiger partial charge in [0.2, 0.25) is 5.91 Å². The molecule has 110 valence electrons. The van der Waals surface area contributed by atoms with Crippen molar-refractivity contribution in [1.82, 2.24) is 5.32 Å². The van der Waals surface area contributed by atoms with Gasteiger partial charge < -0.3 is 15.6 Å². The number of hydrogen-bond donors (Lipinski definition) is 3. The van der Waals surface area contributed by atoms with Crippen molar-refractivity contribution in [3.8, 4) is 5.75 Å². The van der Waals surface area contributed by atoms with Crippen molar-refractivity contribution in [3.63, 3.8) is 0 Å². The van der Waals surface area contributed by atoms with E-state index in [4.69, 9.17) is 15.6 Å². The Bertz CT molecular complexity index is 457. The summed E-state index contributed by atoms with van der Waals surface area (Å²) in [4.78, 5) is 11.6. The molecule has 4 N–H and O–H groups in total. The molecule has 5 heteroatoms. The van der Waals surface area contributed by atoms with E-state index in [0.717, 1.165) is 18.4 Å². The summed E-state index contributed by atoms with van der Waals surface area (Å²) in [5.41, 5.74) is 5.67. The van der Waals surface area contributed by atoms with Crippen LogP contribution in [0.4, 0.5) is 0 Å². The molecule has 0 radical (unpaired) electrons. The van der Waals surface area contributed by atoms with Gasteiger partial charge in [-0.3, -0.25) is 10.1 Å². The van der Waals surface area contributed by atoms with Crippen LogP contribution in [0.3, 0.4) is 0 Å². The van der Waals surface area contributed by atoms with E-state index < -0.39 is 11.4 Å². The van der Waals surface area contributed by atoms with Gasteiger partial charge in [0.05, 0.1) is 0 Å². The van der Waals surface area contributed by atoms with Crippen molar-refractivity contribution in [2.45, 2.75) is 37.8 Å². The molecule has 1 amide bonds. The van der Waals surface area contributed by atoms with E-state index in [1.54, 1.807) is 6.92 Å². The second-order valence-electron chi connectivity index (χ2n) is 5.52. The third kappa shape index (κ3) is 3.95. The second kappa shape index (κ2) is 6.24. The van der Waals surface area contributed by atoms with Crippen molar-refractivity contribution < 1.29 is 14.6 Å². The van der Waals surface area contributed by atoms with Gasteiger partial charge in [-0.15, -0.1) is 0 Å². The predicted molar refractivity (Wildman–Crippen MR) is 76.5 cm³/mol. The Kier molecular flexibility index (Phi) is 4.62. The van der Waals surface area contributed by atoms with Crippen LogP contribution in [-0.2, 0) is 11.2 Å². The van der Waals surface area contributed by atoms with Gasteiger partial charge in [-0.2, -0.15) is 0 Å². The molecule has 1 fully saturated rings. The maximum absolute atomic E-state index is 11.6. The van der Waals surface area contributed by atoms with Gasteiger partial charge in [0, 0.05) is 12.6 Å². The summed E-state index contributed by atoms with van der Waals surface area (Å²) in [5, 5.41) is 12.1. The molecule has 5 nitrogen and oxygen atoms in total. The molecular weight excluding hydrogens is 256 g/mol. The van der Waals surface area contributed by atoms with Gasteiger partial charge in [0.1, 0.15) is 17.9 Å². The quantitative estimate of drug-likeness (QED) is 0.650. The largest absolute Gasteiger partial charge is 0.491 e. The summed E-state index contributed by atoms with van der Waals surface area (Å²) >= 11 is 0. The molecule has 1 atom stereocenters. The molecule has 1 aromatic rings. The molecule has 1 aliphatic carbocycles. The summed E-state index contributed by atoms with van der Waals surface area (Å²) in [6, 6.07) is 7.86. The lowest BCUT2D eigenvalue weighted by Gasteiger charge is -2.27. The van der Waals surface area contributed by atoms with E-state index in [1.165, 1.54) is 0 Å². The number of primary amides is 1. The number of carbonyl (C=O) groups is 1. The van der Waals surface area contributed by atoms with Crippen molar-refractivity contribution in [1.29, 1.82) is 0 Å². The zero-order valence-electron chi connectivity index (χ0n) is 11.8. The molecule has 0 aromatic heterocycles. The fourth-order valence-corrected chi connectivity index (χ4v) is 1.97. The van der Waals surface area contributed by atoms with Gasteiger partial charge in [-0.05, 0) is 43.9 Å². The molecule has 0 heterocycles. The first-order chi connectivity index (χ1) is 9.53. The Morgan fingerprint density at radius 2 is 2.10 bits per heavy atom. The molecule has 1 unspecified atom stereocenters. The predicted octanol–water partition coefficient (Wildman–Crippen LogP) is 0.596. The van der Waals surface area contributed by atoms with Crippen LogP contribution in [0.1, 0.15) is 25.3 Å². The van der Waals surface area contributed by atoms with Crippen LogP contribution in [0.25, 0.3) is 0 Å². The van der Waals surface area contributed by atoms with Crippen LogP contribution in [-0.4, -0.2) is 35.8 Å². The number of rotatable bonds is 8. The maximum Gasteiger partial charge on any atom is 0.240 e. The molecule has 20 heavy (non-hydrogen) atoms. The fraction of sp³-hybridized carbons (Fsp3) is 0.533. The second-order valence-corrected chi connectivity index (χ2v) is 5.52. The lowest BCUT2D eigenvalue weighted by molar-refractivity contribution is -0.125. The van der Waals surface area contributed by atoms with Crippen LogP contribution >= 0.6 is 0 Å². The van der Waals surface area contributed by atoms with Crippen LogP contribution in [0.5, 0.6) is 5.75 Å². The molecule has 1 aromatic carbocycles. The lowest BCUT2D eigenvalue weighted by Crippen LogP contribution is -2.57. The van der Waals surface area contributed by atoms with Gasteiger partial charge in [0.15, 0.2) is 0 Å². The Morgan fingerprint density at radius 1 is 1.45 bits per heavy atom. The normalized spacial score (nSPS) is 17.5. The average molecular weight is 278 g/mol. The van der Waals surface area contributed by atoms with Crippen molar-refractivity contribution in [2.75, 3.05) is 13.2 Å². The number of ether oxygens (including phenoxy) is 1. The SMILES string of the molecule is CC(COc1ccc(CCO)cc1)(NC1CC1)C(N)=O. The Labute approximate surface area is 119 Å². The van der Waals surface area contributed by atoms with Gasteiger partial charge in [0.25, 0.3) is 0 Å². The van der Waals surface area contributed by atoms with Crippen LogP contribution in [0.15, 0.2) is 24.3 Å². The maximum atomic E-state index is 11.6. The summed E-state index contributed by atoms with van der Waals surface area (Å²) in [6.45, 7) is 2.11. The van der Waals surface area contributed by atoms with Crippen molar-refractivity contribution in [2.24, 2.45) is 5.73 Å². The number of amides is 1. The number of hydrogen-bond acceptors (Lipinski definition) is 4. The first kappa shape index (κ1) is 14.8. The highest BCUT2D eigenvalue weighted by molar-refractivity contribution is 5.84. The monoisotopic (exact) mass is 278 g/mol. The molecule has 1 aliphatic rings. The third-order valence-corrected chi connectivity index (χ3v) is 3.50. The number of aliphatic hydroxyl groups excluding tert-OH is 1.